The molecule has 4 rings (SSSR count). The van der Waals surface area contributed by atoms with Crippen molar-refractivity contribution in [3.63, 3.8) is 0 Å². The van der Waals surface area contributed by atoms with Crippen molar-refractivity contribution in [2.75, 3.05) is 17.7 Å². The molecule has 0 spiro atoms. The first-order valence-corrected chi connectivity index (χ1v) is 10.1. The third kappa shape index (κ3) is 3.19. The molecule has 1 amide bonds. The summed E-state index contributed by atoms with van der Waals surface area (Å²) >= 11 is 3.03. The molecule has 0 saturated carbocycles. The Kier molecular flexibility index (Phi) is 4.63. The van der Waals surface area contributed by atoms with Gasteiger partial charge in [-0.3, -0.25) is 4.79 Å². The van der Waals surface area contributed by atoms with Gasteiger partial charge in [0.1, 0.15) is 16.4 Å². The van der Waals surface area contributed by atoms with Crippen molar-refractivity contribution < 1.29 is 9.53 Å². The first-order valence-electron chi connectivity index (χ1n) is 8.21. The predicted octanol–water partition coefficient (Wildman–Crippen LogP) is 1.87. The van der Waals surface area contributed by atoms with Crippen LogP contribution >= 0.6 is 23.1 Å². The number of nitrogens with zero attached hydrogens (tertiary/aromatic N) is 4. The molecule has 2 aromatic rings. The number of thiazole rings is 1. The van der Waals surface area contributed by atoms with E-state index in [0.29, 0.717) is 23.5 Å². The summed E-state index contributed by atoms with van der Waals surface area (Å²) in [4.78, 5) is 29.5. The Morgan fingerprint density at radius 1 is 1.42 bits per heavy atom. The van der Waals surface area contributed by atoms with Crippen molar-refractivity contribution >= 4 is 40.0 Å². The van der Waals surface area contributed by atoms with Gasteiger partial charge in [-0.1, -0.05) is 11.8 Å². The molecule has 3 N–H and O–H groups in total. The fraction of sp³-hybridized carbons (Fsp3) is 0.438. The van der Waals surface area contributed by atoms with E-state index >= 15 is 0 Å². The topological polar surface area (TPSA) is 115 Å². The van der Waals surface area contributed by atoms with E-state index in [1.165, 1.54) is 23.7 Å². The average Bonchev–Trinajstić information content (AvgIpc) is 3.12. The molecule has 2 aliphatic rings. The number of thioether (sulfide) groups is 1. The monoisotopic (exact) mass is 390 g/mol. The maximum atomic E-state index is 12.2. The first-order chi connectivity index (χ1) is 12.6. The molecule has 1 fully saturated rings. The Morgan fingerprint density at radius 2 is 2.23 bits per heavy atom. The summed E-state index contributed by atoms with van der Waals surface area (Å²) in [5, 5.41) is 5.90. The van der Waals surface area contributed by atoms with Crippen molar-refractivity contribution in [3.05, 3.63) is 34.7 Å². The number of ether oxygens (including phenoxy) is 1. The number of hydrogen-bond acceptors (Lipinski definition) is 9. The number of carbonyl (C=O) groups is 1. The second-order valence-corrected chi connectivity index (χ2v) is 8.20. The molecule has 26 heavy (non-hydrogen) atoms. The van der Waals surface area contributed by atoms with Gasteiger partial charge >= 0.3 is 0 Å². The molecular formula is C16H18N6O2S2. The van der Waals surface area contributed by atoms with Gasteiger partial charge in [-0.25, -0.2) is 19.9 Å². The van der Waals surface area contributed by atoms with Gasteiger partial charge in [-0.2, -0.15) is 0 Å². The minimum Gasteiger partial charge on any atom is -0.379 e. The van der Waals surface area contributed by atoms with Gasteiger partial charge in [0, 0.05) is 29.4 Å². The minimum absolute atomic E-state index is 0.101. The van der Waals surface area contributed by atoms with E-state index in [2.05, 4.69) is 27.2 Å². The number of amidine groups is 1. The lowest BCUT2D eigenvalue weighted by Crippen LogP contribution is -2.49. The number of hydrogen-bond donors (Lipinski definition) is 2. The standard InChI is InChI=1S/C16H18N6O2S2/c1-9-5-10-6-26-15(17)22-16(10,8-24-9)14-21-11(7-25-14)20-13(23)12-18-3-2-4-19-12/h2-4,7,9-10H,5-6,8H2,1H3,(H2,17,22)(H,20,23)/t9-,10-,16-/m0/s1. The molecule has 10 heteroatoms. The lowest BCUT2D eigenvalue weighted by atomic mass is 9.80. The quantitative estimate of drug-likeness (QED) is 0.822. The summed E-state index contributed by atoms with van der Waals surface area (Å²) in [7, 11) is 0. The fourth-order valence-electron chi connectivity index (χ4n) is 3.20. The molecule has 0 bridgehead atoms. The Labute approximate surface area is 158 Å². The number of carbonyl (C=O) groups excluding carboxylic acids is 1. The highest BCUT2D eigenvalue weighted by atomic mass is 32.2. The normalized spacial score (nSPS) is 28.1. The number of anilines is 1. The van der Waals surface area contributed by atoms with E-state index in [-0.39, 0.29) is 11.9 Å². The molecular weight excluding hydrogens is 372 g/mol. The van der Waals surface area contributed by atoms with Crippen LogP contribution in [0.5, 0.6) is 0 Å². The van der Waals surface area contributed by atoms with Crippen LogP contribution in [0.1, 0.15) is 29.0 Å². The summed E-state index contributed by atoms with van der Waals surface area (Å²) in [6.07, 6.45) is 4.14. The average molecular weight is 390 g/mol. The first kappa shape index (κ1) is 17.4. The van der Waals surface area contributed by atoms with Gasteiger partial charge in [-0.15, -0.1) is 11.3 Å². The van der Waals surface area contributed by atoms with Crippen molar-refractivity contribution in [3.8, 4) is 0 Å². The maximum absolute atomic E-state index is 12.2. The maximum Gasteiger partial charge on any atom is 0.294 e. The molecule has 0 aromatic carbocycles. The highest BCUT2D eigenvalue weighted by Crippen LogP contribution is 2.46. The second kappa shape index (κ2) is 6.93. The fourth-order valence-corrected chi connectivity index (χ4v) is 5.17. The minimum atomic E-state index is -0.571. The number of aliphatic imine (C=N–C) groups is 1. The van der Waals surface area contributed by atoms with E-state index in [1.54, 1.807) is 23.2 Å². The van der Waals surface area contributed by atoms with Crippen LogP contribution in [0.15, 0.2) is 28.8 Å². The summed E-state index contributed by atoms with van der Waals surface area (Å²) in [6.45, 7) is 2.52. The van der Waals surface area contributed by atoms with Crippen LogP contribution in [0, 0.1) is 5.92 Å². The van der Waals surface area contributed by atoms with Crippen LogP contribution in [0.2, 0.25) is 0 Å². The van der Waals surface area contributed by atoms with Crippen LogP contribution in [0.4, 0.5) is 5.82 Å². The highest BCUT2D eigenvalue weighted by molar-refractivity contribution is 8.13. The Balaban J connectivity index is 1.60. The number of rotatable bonds is 3. The zero-order valence-electron chi connectivity index (χ0n) is 14.1. The summed E-state index contributed by atoms with van der Waals surface area (Å²) in [6, 6.07) is 1.66. The van der Waals surface area contributed by atoms with Crippen LogP contribution in [0.25, 0.3) is 0 Å². The SMILES string of the molecule is C[C@H]1C[C@H]2CSC(N)=N[C@@]2(c2nc(NC(=O)c3ncccn3)cs2)CO1. The molecule has 2 aromatic heterocycles. The molecule has 4 heterocycles. The molecule has 2 aliphatic heterocycles. The molecule has 1 saturated heterocycles. The highest BCUT2D eigenvalue weighted by Gasteiger charge is 2.49. The largest absolute Gasteiger partial charge is 0.379 e. The molecule has 136 valence electrons. The van der Waals surface area contributed by atoms with Gasteiger partial charge in [-0.05, 0) is 19.4 Å². The van der Waals surface area contributed by atoms with Crippen LogP contribution in [-0.4, -0.2) is 44.5 Å². The van der Waals surface area contributed by atoms with Gasteiger partial charge in [0.15, 0.2) is 5.17 Å². The molecule has 0 aliphatic carbocycles. The summed E-state index contributed by atoms with van der Waals surface area (Å²) < 4.78 is 5.90. The smallest absolute Gasteiger partial charge is 0.294 e. The number of nitrogens with two attached hydrogens (primary N) is 1. The lowest BCUT2D eigenvalue weighted by molar-refractivity contribution is -0.0466. The van der Waals surface area contributed by atoms with Crippen LogP contribution in [-0.2, 0) is 10.3 Å². The zero-order valence-corrected chi connectivity index (χ0v) is 15.7. The second-order valence-electron chi connectivity index (χ2n) is 6.30. The van der Waals surface area contributed by atoms with Crippen molar-refractivity contribution in [2.45, 2.75) is 25.0 Å². The van der Waals surface area contributed by atoms with Crippen LogP contribution < -0.4 is 11.1 Å². The molecule has 8 nitrogen and oxygen atoms in total. The van der Waals surface area contributed by atoms with Gasteiger partial charge in [0.25, 0.3) is 5.91 Å². The number of amides is 1. The Morgan fingerprint density at radius 3 is 3.04 bits per heavy atom. The van der Waals surface area contributed by atoms with Crippen molar-refractivity contribution in [1.29, 1.82) is 0 Å². The summed E-state index contributed by atoms with van der Waals surface area (Å²) in [5.74, 6) is 1.36. The summed E-state index contributed by atoms with van der Waals surface area (Å²) in [5.41, 5.74) is 5.44. The Bertz CT molecular complexity index is 842. The van der Waals surface area contributed by atoms with Gasteiger partial charge in [0.05, 0.1) is 12.7 Å². The third-order valence-electron chi connectivity index (χ3n) is 4.51. The van der Waals surface area contributed by atoms with E-state index in [0.717, 1.165) is 17.2 Å². The van der Waals surface area contributed by atoms with E-state index in [4.69, 9.17) is 15.5 Å². The molecule has 0 radical (unpaired) electrons. The number of aromatic nitrogens is 3. The molecule has 0 unspecified atom stereocenters. The Hall–Kier alpha value is -2.04. The van der Waals surface area contributed by atoms with E-state index in [9.17, 15) is 4.79 Å². The van der Waals surface area contributed by atoms with Gasteiger partial charge < -0.3 is 15.8 Å². The van der Waals surface area contributed by atoms with Crippen molar-refractivity contribution in [2.24, 2.45) is 16.6 Å². The van der Waals surface area contributed by atoms with E-state index < -0.39 is 11.4 Å². The number of fused-ring (bicyclic) bond motifs is 1. The molecule has 3 atom stereocenters. The predicted molar refractivity (Wildman–Crippen MR) is 101 cm³/mol. The third-order valence-corrected chi connectivity index (χ3v) is 6.47. The lowest BCUT2D eigenvalue weighted by Gasteiger charge is -2.44. The zero-order chi connectivity index (χ0) is 18.1. The van der Waals surface area contributed by atoms with Crippen molar-refractivity contribution in [1.82, 2.24) is 15.0 Å². The number of nitrogens with one attached hydrogen (secondary N) is 1. The van der Waals surface area contributed by atoms with Crippen LogP contribution in [0.3, 0.4) is 0 Å². The van der Waals surface area contributed by atoms with E-state index in [1.807, 2.05) is 0 Å². The van der Waals surface area contributed by atoms with Gasteiger partial charge in [0.2, 0.25) is 5.82 Å².